The summed E-state index contributed by atoms with van der Waals surface area (Å²) in [5.74, 6) is -0.386. The van der Waals surface area contributed by atoms with Crippen molar-refractivity contribution in [1.29, 1.82) is 0 Å². The molecule has 0 fully saturated rings. The van der Waals surface area contributed by atoms with Gasteiger partial charge in [0, 0.05) is 28.2 Å². The number of carbonyl (C=O) groups is 2. The van der Waals surface area contributed by atoms with Crippen LogP contribution in [0.1, 0.15) is 49.4 Å². The van der Waals surface area contributed by atoms with E-state index in [9.17, 15) is 9.59 Å². The van der Waals surface area contributed by atoms with Crippen LogP contribution in [0.25, 0.3) is 0 Å². The van der Waals surface area contributed by atoms with Gasteiger partial charge in [0.15, 0.2) is 0 Å². The number of rotatable bonds is 6. The Hall–Kier alpha value is -2.04. The first-order valence-electron chi connectivity index (χ1n) is 9.06. The van der Waals surface area contributed by atoms with Crippen LogP contribution < -0.4 is 10.2 Å². The SMILES string of the molecule is CCCCc1ccc2c(c1)[C@@H](NC(C)=O)C(=O)N2Cc1ccc(Cl)cc1Cl. The third-order valence-electron chi connectivity index (χ3n) is 4.72. The summed E-state index contributed by atoms with van der Waals surface area (Å²) in [5.41, 5.74) is 3.63. The van der Waals surface area contributed by atoms with Gasteiger partial charge >= 0.3 is 0 Å². The maximum absolute atomic E-state index is 13.0. The third-order valence-corrected chi connectivity index (χ3v) is 5.30. The molecule has 6 heteroatoms. The molecule has 1 atom stereocenters. The van der Waals surface area contributed by atoms with Crippen LogP contribution in [0.15, 0.2) is 36.4 Å². The van der Waals surface area contributed by atoms with Gasteiger partial charge in [-0.2, -0.15) is 0 Å². The number of carbonyl (C=O) groups excluding carboxylic acids is 2. The van der Waals surface area contributed by atoms with Crippen LogP contribution in [0.4, 0.5) is 5.69 Å². The van der Waals surface area contributed by atoms with E-state index in [0.29, 0.717) is 16.6 Å². The molecule has 4 nitrogen and oxygen atoms in total. The van der Waals surface area contributed by atoms with E-state index in [-0.39, 0.29) is 11.8 Å². The van der Waals surface area contributed by atoms with Gasteiger partial charge in [0.2, 0.25) is 5.91 Å². The van der Waals surface area contributed by atoms with Crippen molar-refractivity contribution in [2.75, 3.05) is 4.90 Å². The van der Waals surface area contributed by atoms with Crippen molar-refractivity contribution >= 4 is 40.7 Å². The molecule has 142 valence electrons. The standard InChI is InChI=1S/C21H22Cl2N2O2/c1-3-4-5-14-6-9-19-17(10-14)20(24-13(2)26)21(27)25(19)12-15-7-8-16(22)11-18(15)23/h6-11,20H,3-5,12H2,1-2H3,(H,24,26)/t20-/m1/s1. The topological polar surface area (TPSA) is 49.4 Å². The molecule has 0 radical (unpaired) electrons. The molecule has 1 aliphatic heterocycles. The van der Waals surface area contributed by atoms with E-state index in [1.54, 1.807) is 17.0 Å². The Kier molecular flexibility index (Phi) is 6.08. The zero-order chi connectivity index (χ0) is 19.6. The Bertz CT molecular complexity index is 882. The lowest BCUT2D eigenvalue weighted by molar-refractivity contribution is -0.126. The first-order chi connectivity index (χ1) is 12.9. The van der Waals surface area contributed by atoms with Crippen molar-refractivity contribution in [3.8, 4) is 0 Å². The molecule has 0 bridgehead atoms. The van der Waals surface area contributed by atoms with Gasteiger partial charge in [-0.3, -0.25) is 9.59 Å². The highest BCUT2D eigenvalue weighted by atomic mass is 35.5. The Morgan fingerprint density at radius 3 is 2.63 bits per heavy atom. The van der Waals surface area contributed by atoms with Gasteiger partial charge < -0.3 is 10.2 Å². The van der Waals surface area contributed by atoms with Crippen molar-refractivity contribution in [3.05, 3.63) is 63.1 Å². The Morgan fingerprint density at radius 2 is 1.96 bits per heavy atom. The number of amides is 2. The molecule has 1 heterocycles. The lowest BCUT2D eigenvalue weighted by atomic mass is 10.0. The number of anilines is 1. The van der Waals surface area contributed by atoms with Gasteiger partial charge in [0.05, 0.1) is 6.54 Å². The number of hydrogen-bond acceptors (Lipinski definition) is 2. The molecule has 1 aliphatic rings. The predicted octanol–water partition coefficient (Wildman–Crippen LogP) is 5.06. The quantitative estimate of drug-likeness (QED) is 0.731. The van der Waals surface area contributed by atoms with Crippen LogP contribution in [-0.2, 0) is 22.6 Å². The van der Waals surface area contributed by atoms with E-state index in [1.807, 2.05) is 24.3 Å². The van der Waals surface area contributed by atoms with E-state index < -0.39 is 6.04 Å². The van der Waals surface area contributed by atoms with E-state index in [0.717, 1.165) is 36.1 Å². The molecule has 0 aromatic heterocycles. The van der Waals surface area contributed by atoms with Crippen molar-refractivity contribution in [2.24, 2.45) is 0 Å². The van der Waals surface area contributed by atoms with Crippen LogP contribution in [0.3, 0.4) is 0 Å². The van der Waals surface area contributed by atoms with E-state index in [2.05, 4.69) is 12.2 Å². The number of aryl methyl sites for hydroxylation is 1. The number of halogens is 2. The van der Waals surface area contributed by atoms with Gasteiger partial charge in [-0.15, -0.1) is 0 Å². The summed E-state index contributed by atoms with van der Waals surface area (Å²) >= 11 is 12.3. The first kappa shape index (κ1) is 19.7. The molecule has 0 unspecified atom stereocenters. The van der Waals surface area contributed by atoms with E-state index in [1.165, 1.54) is 12.5 Å². The molecule has 0 saturated heterocycles. The maximum Gasteiger partial charge on any atom is 0.254 e. The van der Waals surface area contributed by atoms with Gasteiger partial charge in [0.1, 0.15) is 6.04 Å². The zero-order valence-electron chi connectivity index (χ0n) is 15.4. The van der Waals surface area contributed by atoms with Crippen LogP contribution in [-0.4, -0.2) is 11.8 Å². The lowest BCUT2D eigenvalue weighted by Crippen LogP contribution is -2.36. The molecule has 0 aliphatic carbocycles. The van der Waals surface area contributed by atoms with Gasteiger partial charge in [-0.25, -0.2) is 0 Å². The van der Waals surface area contributed by atoms with Crippen molar-refractivity contribution in [2.45, 2.75) is 45.7 Å². The average molecular weight is 405 g/mol. The second-order valence-corrected chi connectivity index (χ2v) is 7.63. The molecular weight excluding hydrogens is 383 g/mol. The summed E-state index contributed by atoms with van der Waals surface area (Å²) < 4.78 is 0. The fourth-order valence-corrected chi connectivity index (χ4v) is 3.82. The van der Waals surface area contributed by atoms with Crippen LogP contribution in [0.2, 0.25) is 10.0 Å². The predicted molar refractivity (Wildman–Crippen MR) is 109 cm³/mol. The van der Waals surface area contributed by atoms with Gasteiger partial charge in [0.25, 0.3) is 5.91 Å². The number of nitrogens with zero attached hydrogens (tertiary/aromatic N) is 1. The molecule has 27 heavy (non-hydrogen) atoms. The maximum atomic E-state index is 13.0. The summed E-state index contributed by atoms with van der Waals surface area (Å²) in [6.45, 7) is 3.90. The Balaban J connectivity index is 1.96. The van der Waals surface area contributed by atoms with Crippen LogP contribution in [0.5, 0.6) is 0 Å². The first-order valence-corrected chi connectivity index (χ1v) is 9.81. The third kappa shape index (κ3) is 4.28. The number of benzene rings is 2. The molecule has 1 N–H and O–H groups in total. The summed E-state index contributed by atoms with van der Waals surface area (Å²) in [6.07, 6.45) is 3.14. The minimum Gasteiger partial charge on any atom is -0.341 e. The summed E-state index contributed by atoms with van der Waals surface area (Å²) in [6, 6.07) is 10.6. The van der Waals surface area contributed by atoms with E-state index in [4.69, 9.17) is 23.2 Å². The number of nitrogens with one attached hydrogen (secondary N) is 1. The molecule has 3 rings (SSSR count). The lowest BCUT2D eigenvalue weighted by Gasteiger charge is -2.19. The number of unbranched alkanes of at least 4 members (excludes halogenated alkanes) is 1. The summed E-state index contributed by atoms with van der Waals surface area (Å²) in [7, 11) is 0. The van der Waals surface area contributed by atoms with Crippen molar-refractivity contribution in [1.82, 2.24) is 5.32 Å². The molecule has 2 amide bonds. The Labute approximate surface area is 169 Å². The fourth-order valence-electron chi connectivity index (χ4n) is 3.35. The second-order valence-electron chi connectivity index (χ2n) is 6.79. The van der Waals surface area contributed by atoms with Crippen LogP contribution in [0, 0.1) is 0 Å². The normalized spacial score (nSPS) is 15.8. The Morgan fingerprint density at radius 1 is 1.19 bits per heavy atom. The highest BCUT2D eigenvalue weighted by Crippen LogP contribution is 2.38. The van der Waals surface area contributed by atoms with Crippen LogP contribution >= 0.6 is 23.2 Å². The molecule has 0 saturated carbocycles. The molecule has 2 aromatic carbocycles. The van der Waals surface area contributed by atoms with Gasteiger partial charge in [-0.1, -0.05) is 54.7 Å². The van der Waals surface area contributed by atoms with E-state index >= 15 is 0 Å². The summed E-state index contributed by atoms with van der Waals surface area (Å²) in [4.78, 5) is 26.4. The monoisotopic (exact) mass is 404 g/mol. The smallest absolute Gasteiger partial charge is 0.254 e. The number of hydrogen-bond donors (Lipinski definition) is 1. The largest absolute Gasteiger partial charge is 0.341 e. The highest BCUT2D eigenvalue weighted by Gasteiger charge is 2.38. The minimum absolute atomic E-state index is 0.154. The fraction of sp³-hybridized carbons (Fsp3) is 0.333. The highest BCUT2D eigenvalue weighted by molar-refractivity contribution is 6.35. The summed E-state index contributed by atoms with van der Waals surface area (Å²) in [5, 5.41) is 3.85. The van der Waals surface area contributed by atoms with Gasteiger partial charge in [-0.05, 0) is 42.2 Å². The second kappa shape index (κ2) is 8.32. The zero-order valence-corrected chi connectivity index (χ0v) is 16.9. The molecule has 2 aromatic rings. The van der Waals surface area contributed by atoms with Crippen molar-refractivity contribution in [3.63, 3.8) is 0 Å². The minimum atomic E-state index is -0.662. The average Bonchev–Trinajstić information content (AvgIpc) is 2.87. The van der Waals surface area contributed by atoms with Crippen molar-refractivity contribution < 1.29 is 9.59 Å². The number of fused-ring (bicyclic) bond motifs is 1. The molecule has 0 spiro atoms. The molecular formula is C21H22Cl2N2O2.